The maximum atomic E-state index is 14.6. The number of hydrogen-bond donors (Lipinski definition) is 3. The summed E-state index contributed by atoms with van der Waals surface area (Å²) in [6, 6.07) is 10.2. The van der Waals surface area contributed by atoms with Gasteiger partial charge in [-0.2, -0.15) is 5.10 Å². The number of anilines is 1. The maximum Gasteiger partial charge on any atom is 0.227 e. The lowest BCUT2D eigenvalue weighted by Crippen LogP contribution is -2.20. The number of nitrogens with one attached hydrogen (secondary N) is 3. The molecule has 6 aromatic rings. The van der Waals surface area contributed by atoms with Gasteiger partial charge in [0.05, 0.1) is 40.5 Å². The van der Waals surface area contributed by atoms with Gasteiger partial charge < -0.3 is 19.9 Å². The zero-order valence-electron chi connectivity index (χ0n) is 25.0. The quantitative estimate of drug-likeness (QED) is 0.187. The van der Waals surface area contributed by atoms with Gasteiger partial charge in [0.25, 0.3) is 0 Å². The Hall–Kier alpha value is -5.23. The molecule has 45 heavy (non-hydrogen) atoms. The minimum Gasteiger partial charge on any atom is -0.492 e. The van der Waals surface area contributed by atoms with Crippen molar-refractivity contribution in [3.05, 3.63) is 67.0 Å². The van der Waals surface area contributed by atoms with E-state index in [4.69, 9.17) is 9.72 Å². The molecule has 0 unspecified atom stereocenters. The van der Waals surface area contributed by atoms with Crippen molar-refractivity contribution in [2.24, 2.45) is 5.92 Å². The number of pyridine rings is 3. The highest BCUT2D eigenvalue weighted by atomic mass is 19.1. The molecule has 1 aliphatic rings. The van der Waals surface area contributed by atoms with Gasteiger partial charge in [0.1, 0.15) is 29.4 Å². The van der Waals surface area contributed by atoms with E-state index in [0.717, 1.165) is 47.7 Å². The van der Waals surface area contributed by atoms with E-state index in [9.17, 15) is 9.18 Å². The zero-order chi connectivity index (χ0) is 30.9. The molecule has 1 saturated carbocycles. The molecule has 1 aromatic carbocycles. The van der Waals surface area contributed by atoms with Crippen molar-refractivity contribution >= 4 is 33.5 Å². The van der Waals surface area contributed by atoms with E-state index < -0.39 is 5.82 Å². The van der Waals surface area contributed by atoms with E-state index in [0.29, 0.717) is 58.6 Å². The molecule has 1 fully saturated rings. The fraction of sp³-hybridized carbons (Fsp3) is 0.273. The summed E-state index contributed by atoms with van der Waals surface area (Å²) >= 11 is 0. The van der Waals surface area contributed by atoms with Crippen LogP contribution in [-0.4, -0.2) is 73.2 Å². The molecule has 1 aliphatic carbocycles. The maximum absolute atomic E-state index is 14.6. The van der Waals surface area contributed by atoms with Crippen LogP contribution in [0.5, 0.6) is 5.75 Å². The van der Waals surface area contributed by atoms with E-state index in [2.05, 4.69) is 35.5 Å². The Labute approximate surface area is 258 Å². The highest BCUT2D eigenvalue weighted by Crippen LogP contribution is 2.33. The summed E-state index contributed by atoms with van der Waals surface area (Å²) in [7, 11) is 3.90. The number of carbonyl (C=O) groups excluding carboxylic acids is 1. The summed E-state index contributed by atoms with van der Waals surface area (Å²) < 4.78 is 20.4. The number of aromatic amines is 2. The fourth-order valence-electron chi connectivity index (χ4n) is 5.72. The van der Waals surface area contributed by atoms with Crippen LogP contribution in [0.15, 0.2) is 61.2 Å². The van der Waals surface area contributed by atoms with E-state index >= 15 is 0 Å². The number of imidazole rings is 1. The molecule has 0 aliphatic heterocycles. The summed E-state index contributed by atoms with van der Waals surface area (Å²) in [6.45, 7) is 1.13. The number of carbonyl (C=O) groups is 1. The minimum atomic E-state index is -0.420. The molecular formula is C33H32FN9O2. The summed E-state index contributed by atoms with van der Waals surface area (Å²) in [6.07, 6.45) is 10.8. The Morgan fingerprint density at radius 3 is 2.73 bits per heavy atom. The molecule has 0 spiro atoms. The number of nitrogens with zero attached hydrogens (tertiary/aromatic N) is 6. The van der Waals surface area contributed by atoms with Crippen LogP contribution in [0.1, 0.15) is 25.7 Å². The lowest BCUT2D eigenvalue weighted by Gasteiger charge is -2.12. The van der Waals surface area contributed by atoms with Crippen molar-refractivity contribution in [2.45, 2.75) is 25.7 Å². The van der Waals surface area contributed by atoms with Crippen molar-refractivity contribution in [1.82, 2.24) is 40.0 Å². The molecule has 7 rings (SSSR count). The van der Waals surface area contributed by atoms with E-state index in [1.165, 1.54) is 12.1 Å². The third kappa shape index (κ3) is 5.96. The number of H-pyrrole nitrogens is 2. The predicted octanol–water partition coefficient (Wildman–Crippen LogP) is 5.83. The van der Waals surface area contributed by atoms with Crippen molar-refractivity contribution in [2.75, 3.05) is 32.6 Å². The van der Waals surface area contributed by atoms with Crippen LogP contribution in [0.25, 0.3) is 56.0 Å². The molecular weight excluding hydrogens is 573 g/mol. The van der Waals surface area contributed by atoms with Crippen LogP contribution in [0.3, 0.4) is 0 Å². The first-order valence-electron chi connectivity index (χ1n) is 15.0. The Morgan fingerprint density at radius 2 is 1.89 bits per heavy atom. The normalized spacial score (nSPS) is 13.7. The van der Waals surface area contributed by atoms with Crippen LogP contribution >= 0.6 is 0 Å². The second-order valence-electron chi connectivity index (χ2n) is 11.6. The molecule has 3 N–H and O–H groups in total. The highest BCUT2D eigenvalue weighted by molar-refractivity contribution is 5.97. The van der Waals surface area contributed by atoms with Gasteiger partial charge in [0.2, 0.25) is 5.91 Å². The van der Waals surface area contributed by atoms with Crippen molar-refractivity contribution < 1.29 is 13.9 Å². The highest BCUT2D eigenvalue weighted by Gasteiger charge is 2.23. The average molecular weight is 606 g/mol. The van der Waals surface area contributed by atoms with Gasteiger partial charge in [0, 0.05) is 47.4 Å². The monoisotopic (exact) mass is 605 g/mol. The third-order valence-corrected chi connectivity index (χ3v) is 8.05. The van der Waals surface area contributed by atoms with Gasteiger partial charge in [-0.25, -0.2) is 9.37 Å². The molecule has 1 amide bonds. The molecule has 0 atom stereocenters. The van der Waals surface area contributed by atoms with E-state index in [-0.39, 0.29) is 11.8 Å². The summed E-state index contributed by atoms with van der Waals surface area (Å²) in [4.78, 5) is 36.4. The SMILES string of the molecule is CN(C)CCOc1cc(F)cc(-c2nccc3[nH]c(-c4n[nH]c5cnc(-c6cncc(NC(=O)C7CCCC7)c6)cc45)nc23)c1. The minimum absolute atomic E-state index is 0.0389. The van der Waals surface area contributed by atoms with Gasteiger partial charge in [0.15, 0.2) is 5.82 Å². The largest absolute Gasteiger partial charge is 0.492 e. The zero-order valence-corrected chi connectivity index (χ0v) is 25.0. The number of ether oxygens (including phenoxy) is 1. The van der Waals surface area contributed by atoms with Crippen LogP contribution < -0.4 is 10.1 Å². The third-order valence-electron chi connectivity index (χ3n) is 8.05. The van der Waals surface area contributed by atoms with E-state index in [1.807, 2.05) is 37.2 Å². The molecule has 11 nitrogen and oxygen atoms in total. The van der Waals surface area contributed by atoms with Gasteiger partial charge in [-0.1, -0.05) is 12.8 Å². The number of aromatic nitrogens is 7. The number of benzene rings is 1. The van der Waals surface area contributed by atoms with Crippen LogP contribution in [0.2, 0.25) is 0 Å². The summed E-state index contributed by atoms with van der Waals surface area (Å²) in [5.41, 5.74) is 5.80. The molecule has 0 radical (unpaired) electrons. The number of rotatable bonds is 9. The number of hydrogen-bond acceptors (Lipinski definition) is 8. The predicted molar refractivity (Wildman–Crippen MR) is 170 cm³/mol. The smallest absolute Gasteiger partial charge is 0.227 e. The molecule has 5 aromatic heterocycles. The lowest BCUT2D eigenvalue weighted by atomic mass is 10.1. The van der Waals surface area contributed by atoms with Gasteiger partial charge in [-0.15, -0.1) is 0 Å². The van der Waals surface area contributed by atoms with Gasteiger partial charge in [-0.05, 0) is 57.3 Å². The lowest BCUT2D eigenvalue weighted by molar-refractivity contribution is -0.119. The Kier molecular flexibility index (Phi) is 7.64. The number of halogens is 1. The van der Waals surface area contributed by atoms with E-state index in [1.54, 1.807) is 30.9 Å². The Balaban J connectivity index is 1.20. The summed E-state index contributed by atoms with van der Waals surface area (Å²) in [5.74, 6) is 0.628. The molecule has 5 heterocycles. The van der Waals surface area contributed by atoms with Crippen molar-refractivity contribution in [3.8, 4) is 39.8 Å². The molecule has 228 valence electrons. The standard InChI is InChI=1S/C33H32FN9O2/c1-43(2)9-10-45-24-13-20(11-22(34)14-24)29-31-26(7-8-36-29)39-32(40-31)30-25-15-27(37-18-28(25)41-42-30)21-12-23(17-35-16-21)38-33(44)19-5-3-4-6-19/h7-8,11-19H,3-6,9-10H2,1-2H3,(H,38,44)(H,39,40)(H,41,42). The second-order valence-corrected chi connectivity index (χ2v) is 11.6. The Morgan fingerprint density at radius 1 is 1.02 bits per heavy atom. The molecule has 0 bridgehead atoms. The molecule has 12 heteroatoms. The number of likely N-dealkylation sites (N-methyl/N-ethyl adjacent to an activating group) is 1. The first-order valence-corrected chi connectivity index (χ1v) is 15.0. The number of fused-ring (bicyclic) bond motifs is 2. The molecule has 0 saturated heterocycles. The fourth-order valence-corrected chi connectivity index (χ4v) is 5.72. The van der Waals surface area contributed by atoms with Crippen molar-refractivity contribution in [3.63, 3.8) is 0 Å². The van der Waals surface area contributed by atoms with Crippen LogP contribution in [-0.2, 0) is 4.79 Å². The first kappa shape index (κ1) is 28.5. The topological polar surface area (TPSA) is 138 Å². The van der Waals surface area contributed by atoms with Crippen LogP contribution in [0.4, 0.5) is 10.1 Å². The number of amides is 1. The van der Waals surface area contributed by atoms with Gasteiger partial charge >= 0.3 is 0 Å². The van der Waals surface area contributed by atoms with Gasteiger partial charge in [-0.3, -0.25) is 24.8 Å². The first-order chi connectivity index (χ1) is 21.9. The van der Waals surface area contributed by atoms with Crippen molar-refractivity contribution in [1.29, 1.82) is 0 Å². The van der Waals surface area contributed by atoms with Crippen LogP contribution in [0, 0.1) is 11.7 Å². The average Bonchev–Trinajstić information content (AvgIpc) is 3.80. The second kappa shape index (κ2) is 12.0. The summed E-state index contributed by atoms with van der Waals surface area (Å²) in [5, 5.41) is 11.4. The Bertz CT molecular complexity index is 2010.